The molecule has 1 aromatic heterocycles. The Morgan fingerprint density at radius 1 is 0.971 bits per heavy atom. The molecular weight excluding hydrogens is 459 g/mol. The Bertz CT molecular complexity index is 1260. The van der Waals surface area contributed by atoms with Crippen LogP contribution in [0.1, 0.15) is 12.8 Å². The molecule has 3 N–H and O–H groups in total. The first-order valence-electron chi connectivity index (χ1n) is 10.9. The number of hydrogen-bond donors (Lipinski definition) is 3. The first-order valence-corrected chi connectivity index (χ1v) is 11.3. The Morgan fingerprint density at radius 3 is 2.26 bits per heavy atom. The zero-order chi connectivity index (χ0) is 24.2. The summed E-state index contributed by atoms with van der Waals surface area (Å²) in [6.07, 6.45) is 2.46. The third-order valence-corrected chi connectivity index (χ3v) is 6.32. The summed E-state index contributed by atoms with van der Waals surface area (Å²) in [4.78, 5) is 38.1. The summed E-state index contributed by atoms with van der Waals surface area (Å²) >= 11 is 5.90. The number of anilines is 2. The SMILES string of the molecule is CNC1C[C@H](C(=O)Nc2ccc(Cl)cc2)[C@H](C(=O)Nc2ccc(-n3ccccc3=O)cc2F)C1. The number of amides is 2. The van der Waals surface area contributed by atoms with Crippen molar-refractivity contribution in [2.45, 2.75) is 18.9 Å². The predicted molar refractivity (Wildman–Crippen MR) is 130 cm³/mol. The summed E-state index contributed by atoms with van der Waals surface area (Å²) in [6, 6.07) is 15.5. The highest BCUT2D eigenvalue weighted by atomic mass is 35.5. The lowest BCUT2D eigenvalue weighted by molar-refractivity contribution is -0.128. The largest absolute Gasteiger partial charge is 0.326 e. The number of nitrogens with one attached hydrogen (secondary N) is 3. The van der Waals surface area contributed by atoms with Gasteiger partial charge in [-0.05, 0) is 62.4 Å². The number of hydrogen-bond acceptors (Lipinski definition) is 4. The molecule has 4 rings (SSSR count). The topological polar surface area (TPSA) is 92.2 Å². The quantitative estimate of drug-likeness (QED) is 0.498. The number of rotatable bonds is 6. The normalized spacial score (nSPS) is 19.6. The second-order valence-electron chi connectivity index (χ2n) is 8.23. The van der Waals surface area contributed by atoms with Gasteiger partial charge in [-0.15, -0.1) is 0 Å². The summed E-state index contributed by atoms with van der Waals surface area (Å²) in [5.74, 6) is -2.61. The van der Waals surface area contributed by atoms with E-state index in [4.69, 9.17) is 11.6 Å². The second-order valence-corrected chi connectivity index (χ2v) is 8.66. The van der Waals surface area contributed by atoms with Crippen LogP contribution in [-0.4, -0.2) is 29.5 Å². The lowest BCUT2D eigenvalue weighted by Crippen LogP contribution is -2.33. The molecule has 176 valence electrons. The standard InChI is InChI=1S/C25H24ClFN4O3/c1-28-17-12-19(24(33)29-16-7-5-15(26)6-8-16)20(13-17)25(34)30-22-10-9-18(14-21(22)27)31-11-3-2-4-23(31)32/h2-11,14,17,19-20,28H,12-13H2,1H3,(H,29,33)(H,30,34)/t17?,19-,20+/m0/s1. The number of carbonyl (C=O) groups is 2. The average Bonchev–Trinajstić information content (AvgIpc) is 3.27. The molecule has 0 saturated heterocycles. The molecule has 1 fully saturated rings. The van der Waals surface area contributed by atoms with Gasteiger partial charge in [-0.1, -0.05) is 17.7 Å². The smallest absolute Gasteiger partial charge is 0.255 e. The molecule has 0 spiro atoms. The molecule has 1 aliphatic carbocycles. The van der Waals surface area contributed by atoms with E-state index in [1.165, 1.54) is 29.0 Å². The molecule has 3 aromatic rings. The van der Waals surface area contributed by atoms with Crippen molar-refractivity contribution in [2.75, 3.05) is 17.7 Å². The van der Waals surface area contributed by atoms with E-state index < -0.39 is 23.6 Å². The molecular formula is C25H24ClFN4O3. The van der Waals surface area contributed by atoms with Crippen molar-refractivity contribution in [3.8, 4) is 5.69 Å². The van der Waals surface area contributed by atoms with E-state index in [0.717, 1.165) is 0 Å². The minimum absolute atomic E-state index is 0.0116. The summed E-state index contributed by atoms with van der Waals surface area (Å²) in [7, 11) is 1.78. The van der Waals surface area contributed by atoms with Crippen molar-refractivity contribution >= 4 is 34.8 Å². The van der Waals surface area contributed by atoms with Crippen LogP contribution in [0.4, 0.5) is 15.8 Å². The van der Waals surface area contributed by atoms with Gasteiger partial charge < -0.3 is 16.0 Å². The Balaban J connectivity index is 1.50. The van der Waals surface area contributed by atoms with Gasteiger partial charge >= 0.3 is 0 Å². The van der Waals surface area contributed by atoms with Gasteiger partial charge in [-0.25, -0.2) is 4.39 Å². The fraction of sp³-hybridized carbons (Fsp3) is 0.240. The molecule has 2 amide bonds. The van der Waals surface area contributed by atoms with E-state index in [2.05, 4.69) is 16.0 Å². The number of aromatic nitrogens is 1. The summed E-state index contributed by atoms with van der Waals surface area (Å²) in [5.41, 5.74) is 0.622. The fourth-order valence-corrected chi connectivity index (χ4v) is 4.37. The monoisotopic (exact) mass is 482 g/mol. The van der Waals surface area contributed by atoms with Gasteiger partial charge in [-0.2, -0.15) is 0 Å². The van der Waals surface area contributed by atoms with Crippen LogP contribution in [0.2, 0.25) is 5.02 Å². The van der Waals surface area contributed by atoms with Gasteiger partial charge in [-0.3, -0.25) is 19.0 Å². The maximum absolute atomic E-state index is 14.8. The zero-order valence-electron chi connectivity index (χ0n) is 18.4. The molecule has 0 radical (unpaired) electrons. The number of nitrogens with zero attached hydrogens (tertiary/aromatic N) is 1. The summed E-state index contributed by atoms with van der Waals surface area (Å²) in [6.45, 7) is 0. The molecule has 1 saturated carbocycles. The van der Waals surface area contributed by atoms with E-state index in [-0.39, 0.29) is 23.2 Å². The highest BCUT2D eigenvalue weighted by molar-refractivity contribution is 6.30. The minimum atomic E-state index is -0.674. The van der Waals surface area contributed by atoms with Gasteiger partial charge in [0, 0.05) is 35.1 Å². The van der Waals surface area contributed by atoms with Crippen molar-refractivity contribution in [3.63, 3.8) is 0 Å². The van der Waals surface area contributed by atoms with Crippen molar-refractivity contribution in [1.29, 1.82) is 0 Å². The third-order valence-electron chi connectivity index (χ3n) is 6.07. The van der Waals surface area contributed by atoms with Crippen LogP contribution < -0.4 is 21.5 Å². The lowest BCUT2D eigenvalue weighted by atomic mass is 9.94. The van der Waals surface area contributed by atoms with E-state index in [1.807, 2.05) is 0 Å². The first-order chi connectivity index (χ1) is 16.4. The molecule has 0 bridgehead atoms. The van der Waals surface area contributed by atoms with Gasteiger partial charge in [0.1, 0.15) is 5.82 Å². The Labute approximate surface area is 200 Å². The maximum Gasteiger partial charge on any atom is 0.255 e. The molecule has 1 aliphatic rings. The van der Waals surface area contributed by atoms with Crippen molar-refractivity contribution in [1.82, 2.24) is 9.88 Å². The van der Waals surface area contributed by atoms with Crippen molar-refractivity contribution < 1.29 is 14.0 Å². The summed E-state index contributed by atoms with van der Waals surface area (Å²) in [5, 5.41) is 9.13. The maximum atomic E-state index is 14.8. The lowest BCUT2D eigenvalue weighted by Gasteiger charge is -2.19. The van der Waals surface area contributed by atoms with Gasteiger partial charge in [0.15, 0.2) is 0 Å². The van der Waals surface area contributed by atoms with Gasteiger partial charge in [0.2, 0.25) is 11.8 Å². The average molecular weight is 483 g/mol. The van der Waals surface area contributed by atoms with Crippen LogP contribution in [0.15, 0.2) is 71.7 Å². The van der Waals surface area contributed by atoms with Gasteiger partial charge in [0.25, 0.3) is 5.56 Å². The number of pyridine rings is 1. The molecule has 7 nitrogen and oxygen atoms in total. The van der Waals surface area contributed by atoms with Crippen LogP contribution in [0, 0.1) is 17.7 Å². The van der Waals surface area contributed by atoms with E-state index >= 15 is 0 Å². The van der Waals surface area contributed by atoms with Crippen LogP contribution in [0.25, 0.3) is 5.69 Å². The highest BCUT2D eigenvalue weighted by Gasteiger charge is 2.42. The van der Waals surface area contributed by atoms with Crippen LogP contribution in [-0.2, 0) is 9.59 Å². The molecule has 34 heavy (non-hydrogen) atoms. The number of halogens is 2. The molecule has 0 aliphatic heterocycles. The molecule has 1 heterocycles. The fourth-order valence-electron chi connectivity index (χ4n) is 4.24. The van der Waals surface area contributed by atoms with Crippen LogP contribution in [0.3, 0.4) is 0 Å². The zero-order valence-corrected chi connectivity index (χ0v) is 19.2. The third kappa shape index (κ3) is 5.18. The Morgan fingerprint density at radius 2 is 1.65 bits per heavy atom. The highest BCUT2D eigenvalue weighted by Crippen LogP contribution is 2.34. The van der Waals surface area contributed by atoms with Crippen molar-refractivity contribution in [3.05, 3.63) is 88.1 Å². The molecule has 3 atom stereocenters. The van der Waals surface area contributed by atoms with Crippen LogP contribution >= 0.6 is 11.6 Å². The Hall–Kier alpha value is -3.49. The molecule has 1 unspecified atom stereocenters. The minimum Gasteiger partial charge on any atom is -0.326 e. The second kappa shape index (κ2) is 10.2. The molecule has 2 aromatic carbocycles. The summed E-state index contributed by atoms with van der Waals surface area (Å²) < 4.78 is 16.1. The predicted octanol–water partition coefficient (Wildman–Crippen LogP) is 3.82. The van der Waals surface area contributed by atoms with Gasteiger partial charge in [0.05, 0.1) is 23.2 Å². The van der Waals surface area contributed by atoms with Crippen LogP contribution in [0.5, 0.6) is 0 Å². The number of carbonyl (C=O) groups excluding carboxylic acids is 2. The van der Waals surface area contributed by atoms with E-state index in [0.29, 0.717) is 29.2 Å². The first kappa shape index (κ1) is 23.7. The van der Waals surface area contributed by atoms with E-state index in [9.17, 15) is 18.8 Å². The van der Waals surface area contributed by atoms with E-state index in [1.54, 1.807) is 49.5 Å². The molecule has 9 heteroatoms. The van der Waals surface area contributed by atoms with Crippen molar-refractivity contribution in [2.24, 2.45) is 11.8 Å². The number of benzene rings is 2. The Kier molecular flexibility index (Phi) is 7.09.